The van der Waals surface area contributed by atoms with E-state index >= 15 is 0 Å². The first-order valence-electron chi connectivity index (χ1n) is 9.98. The van der Waals surface area contributed by atoms with Crippen LogP contribution < -0.4 is 19.5 Å². The lowest BCUT2D eigenvalue weighted by molar-refractivity contribution is 0.234. The predicted molar refractivity (Wildman–Crippen MR) is 112 cm³/mol. The summed E-state index contributed by atoms with van der Waals surface area (Å²) in [6, 6.07) is 15.8. The summed E-state index contributed by atoms with van der Waals surface area (Å²) in [7, 11) is 1.66. The van der Waals surface area contributed by atoms with Gasteiger partial charge in [-0.25, -0.2) is 0 Å². The average molecular weight is 372 g/mol. The summed E-state index contributed by atoms with van der Waals surface area (Å²) in [5, 5.41) is 3.42. The fourth-order valence-corrected chi connectivity index (χ4v) is 2.78. The molecule has 1 unspecified atom stereocenters. The van der Waals surface area contributed by atoms with E-state index in [0.29, 0.717) is 6.54 Å². The molecule has 1 N–H and O–H groups in total. The molecular weight excluding hydrogens is 338 g/mol. The summed E-state index contributed by atoms with van der Waals surface area (Å²) in [6.45, 7) is 5.78. The molecule has 0 aliphatic heterocycles. The molecule has 0 aromatic heterocycles. The van der Waals surface area contributed by atoms with Crippen LogP contribution in [0.2, 0.25) is 0 Å². The SMILES string of the molecule is CCCCCCCOc1cccc(NCC(C)Oc2ccc(OC)cc2)c1. The van der Waals surface area contributed by atoms with Gasteiger partial charge in [-0.3, -0.25) is 0 Å². The Labute approximate surface area is 163 Å². The fraction of sp³-hybridized carbons (Fsp3) is 0.478. The van der Waals surface area contributed by atoms with Gasteiger partial charge in [-0.15, -0.1) is 0 Å². The lowest BCUT2D eigenvalue weighted by Crippen LogP contribution is -2.22. The van der Waals surface area contributed by atoms with E-state index in [1.807, 2.05) is 55.5 Å². The number of unbranched alkanes of at least 4 members (excludes halogenated alkanes) is 4. The summed E-state index contributed by atoms with van der Waals surface area (Å²) < 4.78 is 17.0. The second-order valence-corrected chi connectivity index (χ2v) is 6.78. The molecule has 0 fully saturated rings. The summed E-state index contributed by atoms with van der Waals surface area (Å²) in [6.07, 6.45) is 6.29. The number of hydrogen-bond donors (Lipinski definition) is 1. The Kier molecular flexibility index (Phi) is 9.39. The minimum absolute atomic E-state index is 0.0431. The molecule has 0 saturated carbocycles. The molecular formula is C23H33NO3. The molecule has 0 spiro atoms. The zero-order chi connectivity index (χ0) is 19.3. The summed E-state index contributed by atoms with van der Waals surface area (Å²) >= 11 is 0. The third kappa shape index (κ3) is 8.25. The monoisotopic (exact) mass is 371 g/mol. The smallest absolute Gasteiger partial charge is 0.121 e. The van der Waals surface area contributed by atoms with Crippen LogP contribution in [0.1, 0.15) is 46.0 Å². The van der Waals surface area contributed by atoms with Crippen molar-refractivity contribution in [3.8, 4) is 17.2 Å². The molecule has 4 heteroatoms. The normalized spacial score (nSPS) is 11.7. The standard InChI is InChI=1S/C23H33NO3/c1-4-5-6-7-8-16-26-23-11-9-10-20(17-23)24-18-19(2)27-22-14-12-21(25-3)13-15-22/h9-15,17,19,24H,4-8,16,18H2,1-3H3. The van der Waals surface area contributed by atoms with Crippen molar-refractivity contribution in [1.82, 2.24) is 0 Å². The van der Waals surface area contributed by atoms with E-state index in [1.165, 1.54) is 25.7 Å². The quantitative estimate of drug-likeness (QED) is 0.443. The molecule has 148 valence electrons. The Balaban J connectivity index is 1.71. The Morgan fingerprint density at radius 2 is 1.63 bits per heavy atom. The molecule has 27 heavy (non-hydrogen) atoms. The summed E-state index contributed by atoms with van der Waals surface area (Å²) in [5.41, 5.74) is 1.05. The van der Waals surface area contributed by atoms with Crippen LogP contribution in [0.4, 0.5) is 5.69 Å². The van der Waals surface area contributed by atoms with Crippen LogP contribution >= 0.6 is 0 Å². The van der Waals surface area contributed by atoms with Crippen molar-refractivity contribution in [3.63, 3.8) is 0 Å². The van der Waals surface area contributed by atoms with Crippen LogP contribution in [0.15, 0.2) is 48.5 Å². The maximum absolute atomic E-state index is 5.93. The number of rotatable bonds is 13. The van der Waals surface area contributed by atoms with Gasteiger partial charge in [0.05, 0.1) is 20.3 Å². The van der Waals surface area contributed by atoms with Gasteiger partial charge in [0.2, 0.25) is 0 Å². The third-order valence-electron chi connectivity index (χ3n) is 4.34. The number of ether oxygens (including phenoxy) is 3. The Morgan fingerprint density at radius 1 is 0.889 bits per heavy atom. The second kappa shape index (κ2) is 12.1. The first-order chi connectivity index (χ1) is 13.2. The van der Waals surface area contributed by atoms with Crippen LogP contribution in [0, 0.1) is 0 Å². The summed E-state index contributed by atoms with van der Waals surface area (Å²) in [4.78, 5) is 0. The predicted octanol–water partition coefficient (Wildman–Crippen LogP) is 5.92. The van der Waals surface area contributed by atoms with Crippen LogP contribution in [0.5, 0.6) is 17.2 Å². The van der Waals surface area contributed by atoms with Crippen molar-refractivity contribution in [2.24, 2.45) is 0 Å². The Morgan fingerprint density at radius 3 is 2.37 bits per heavy atom. The van der Waals surface area contributed by atoms with E-state index in [4.69, 9.17) is 14.2 Å². The lowest BCUT2D eigenvalue weighted by Gasteiger charge is -2.17. The van der Waals surface area contributed by atoms with E-state index in [0.717, 1.165) is 36.0 Å². The van der Waals surface area contributed by atoms with Crippen molar-refractivity contribution in [3.05, 3.63) is 48.5 Å². The van der Waals surface area contributed by atoms with E-state index < -0.39 is 0 Å². The highest BCUT2D eigenvalue weighted by Crippen LogP contribution is 2.20. The molecule has 0 amide bonds. The van der Waals surface area contributed by atoms with Crippen LogP contribution in [-0.2, 0) is 0 Å². The number of benzene rings is 2. The van der Waals surface area contributed by atoms with E-state index in [9.17, 15) is 0 Å². The van der Waals surface area contributed by atoms with Gasteiger partial charge in [-0.2, -0.15) is 0 Å². The molecule has 0 heterocycles. The van der Waals surface area contributed by atoms with Gasteiger partial charge in [-0.05, 0) is 49.7 Å². The van der Waals surface area contributed by atoms with Crippen LogP contribution in [0.3, 0.4) is 0 Å². The zero-order valence-electron chi connectivity index (χ0n) is 16.9. The minimum Gasteiger partial charge on any atom is -0.497 e. The zero-order valence-corrected chi connectivity index (χ0v) is 16.9. The highest BCUT2D eigenvalue weighted by Gasteiger charge is 2.05. The van der Waals surface area contributed by atoms with Crippen LogP contribution in [0.25, 0.3) is 0 Å². The number of hydrogen-bond acceptors (Lipinski definition) is 4. The topological polar surface area (TPSA) is 39.7 Å². The maximum atomic E-state index is 5.93. The highest BCUT2D eigenvalue weighted by atomic mass is 16.5. The third-order valence-corrected chi connectivity index (χ3v) is 4.34. The number of nitrogens with one attached hydrogen (secondary N) is 1. The highest BCUT2D eigenvalue weighted by molar-refractivity contribution is 5.48. The van der Waals surface area contributed by atoms with Gasteiger partial charge in [0.1, 0.15) is 23.4 Å². The molecule has 0 bridgehead atoms. The molecule has 2 aromatic carbocycles. The minimum atomic E-state index is 0.0431. The van der Waals surface area contributed by atoms with Crippen LogP contribution in [-0.4, -0.2) is 26.4 Å². The molecule has 2 rings (SSSR count). The molecule has 4 nitrogen and oxygen atoms in total. The fourth-order valence-electron chi connectivity index (χ4n) is 2.78. The van der Waals surface area contributed by atoms with Gasteiger partial charge in [0, 0.05) is 11.8 Å². The lowest BCUT2D eigenvalue weighted by atomic mass is 10.2. The van der Waals surface area contributed by atoms with Crippen molar-refractivity contribution < 1.29 is 14.2 Å². The van der Waals surface area contributed by atoms with E-state index in [1.54, 1.807) is 7.11 Å². The first kappa shape index (κ1) is 20.9. The Bertz CT molecular complexity index is 642. The van der Waals surface area contributed by atoms with Crippen molar-refractivity contribution in [2.45, 2.75) is 52.1 Å². The van der Waals surface area contributed by atoms with Crippen molar-refractivity contribution in [1.29, 1.82) is 0 Å². The van der Waals surface area contributed by atoms with E-state index in [-0.39, 0.29) is 6.10 Å². The van der Waals surface area contributed by atoms with Crippen molar-refractivity contribution in [2.75, 3.05) is 25.6 Å². The molecule has 1 atom stereocenters. The van der Waals surface area contributed by atoms with E-state index in [2.05, 4.69) is 12.2 Å². The summed E-state index contributed by atoms with van der Waals surface area (Å²) in [5.74, 6) is 2.58. The molecule has 2 aromatic rings. The first-order valence-corrected chi connectivity index (χ1v) is 9.98. The maximum Gasteiger partial charge on any atom is 0.121 e. The molecule has 0 aliphatic carbocycles. The largest absolute Gasteiger partial charge is 0.497 e. The van der Waals surface area contributed by atoms with Gasteiger partial charge in [0.25, 0.3) is 0 Å². The number of methoxy groups -OCH3 is 1. The molecule has 0 aliphatic rings. The van der Waals surface area contributed by atoms with Gasteiger partial charge < -0.3 is 19.5 Å². The second-order valence-electron chi connectivity index (χ2n) is 6.78. The van der Waals surface area contributed by atoms with Gasteiger partial charge in [-0.1, -0.05) is 38.7 Å². The molecule has 0 radical (unpaired) electrons. The van der Waals surface area contributed by atoms with Crippen molar-refractivity contribution >= 4 is 5.69 Å². The number of anilines is 1. The Hall–Kier alpha value is -2.36. The van der Waals surface area contributed by atoms with Gasteiger partial charge in [0.15, 0.2) is 0 Å². The van der Waals surface area contributed by atoms with Gasteiger partial charge >= 0.3 is 0 Å². The molecule has 0 saturated heterocycles. The average Bonchev–Trinajstić information content (AvgIpc) is 2.70.